The number of nitrogen functional groups attached to an aromatic ring is 2. The number of nitrogens with two attached hydrogens (primary N) is 2. The average Bonchev–Trinajstić information content (AvgIpc) is 4.21. The number of methoxy groups -OCH3 is 2. The number of aromatic nitrogens is 12. The Kier molecular flexibility index (Phi) is 15.8. The smallest absolute Gasteiger partial charge is 0.313 e. The minimum absolute atomic E-state index is 0.000620. The van der Waals surface area contributed by atoms with Crippen LogP contribution in [0, 0.1) is 0 Å². The van der Waals surface area contributed by atoms with Crippen molar-refractivity contribution in [3.63, 3.8) is 0 Å². The number of rotatable bonds is 21. The molecule has 0 amide bonds. The molecule has 9 heterocycles. The third-order valence-electron chi connectivity index (χ3n) is 12.0. The maximum Gasteiger partial charge on any atom is 0.313 e. The summed E-state index contributed by atoms with van der Waals surface area (Å²) in [5.41, 5.74) is 9.72. The van der Waals surface area contributed by atoms with Crippen LogP contribution < -0.4 is 52.0 Å². The lowest BCUT2D eigenvalue weighted by atomic mass is 10.1. The van der Waals surface area contributed by atoms with Gasteiger partial charge < -0.3 is 93.5 Å². The zero-order valence-corrected chi connectivity index (χ0v) is 43.3. The van der Waals surface area contributed by atoms with Crippen LogP contribution >= 0.6 is 31.3 Å². The molecule has 10 N–H and O–H groups in total. The highest BCUT2D eigenvalue weighted by atomic mass is 31.3. The number of nitrogens with one attached hydrogen (secondary N) is 3. The number of phosphoric ester groups is 3. The molecule has 0 bridgehead atoms. The normalized spacial score (nSPS) is 30.0. The summed E-state index contributed by atoms with van der Waals surface area (Å²) < 4.78 is 113. The summed E-state index contributed by atoms with van der Waals surface area (Å²) in [4.78, 5) is 106. The molecule has 3 saturated heterocycles. The summed E-state index contributed by atoms with van der Waals surface area (Å²) in [6.07, 6.45) is -15.1. The molecule has 7 unspecified atom stereocenters. The third-order valence-corrected chi connectivity index (χ3v) is 17.1. The van der Waals surface area contributed by atoms with E-state index in [1.54, 1.807) is 0 Å². The third kappa shape index (κ3) is 11.4. The van der Waals surface area contributed by atoms with Gasteiger partial charge in [-0.05, 0) is 0 Å². The Hall–Kier alpha value is -5.15. The van der Waals surface area contributed by atoms with Gasteiger partial charge >= 0.3 is 5.65 Å². The number of H-pyrrole nitrogens is 2. The van der Waals surface area contributed by atoms with Crippen molar-refractivity contribution in [2.24, 2.45) is 7.05 Å². The van der Waals surface area contributed by atoms with Crippen LogP contribution in [0.1, 0.15) is 18.7 Å². The molecule has 422 valence electrons. The van der Waals surface area contributed by atoms with E-state index in [4.69, 9.17) is 48.7 Å². The standard InChI is InChI=1S/C34H47N15O24P4/c1-37-24-15-25(39-8-38-24)47(9-40-15)32-23(64-4)22(71-74(55,56)65-5-12-18(50)19(51)30(68-12)48-10-41-16-26(48)42-33(35)44-28(16)53)14(70-32)7-67-76(59,60)73-77(61,62)72-75(57,58)66-6-13-21(63-3)20(52)31(69-13)49-11-46(2)17-27(49)43-34(36)45-29(17)54/h8-14,18-23,30-32,50-52H,5-7H2,1-4H3,(H10-,35,36,37,38,39,42,43,44,45,53,54,55,56,57,58,59,60,61,62)/p-3/t12-,13-,14-,18?,19+,20+,21?,22+,23?,30-,31-,32-/m1/s1. The van der Waals surface area contributed by atoms with Crippen molar-refractivity contribution in [3.8, 4) is 0 Å². The second-order valence-electron chi connectivity index (χ2n) is 16.8. The minimum Gasteiger partial charge on any atom is -0.756 e. The number of phosphoric acid groups is 4. The minimum atomic E-state index is -6.56. The Bertz CT molecular complexity index is 3510. The number of ether oxygens (including phenoxy) is 5. The van der Waals surface area contributed by atoms with Crippen LogP contribution in [0.25, 0.3) is 33.5 Å². The number of anilines is 3. The molecule has 6 aromatic rings. The van der Waals surface area contributed by atoms with Gasteiger partial charge in [0.1, 0.15) is 66.8 Å². The Morgan fingerprint density at radius 3 is 1.92 bits per heavy atom. The Morgan fingerprint density at radius 2 is 1.27 bits per heavy atom. The summed E-state index contributed by atoms with van der Waals surface area (Å²) in [6, 6.07) is 0. The van der Waals surface area contributed by atoms with Gasteiger partial charge in [-0.25, -0.2) is 33.1 Å². The average molecular weight is 1170 g/mol. The van der Waals surface area contributed by atoms with Crippen molar-refractivity contribution in [1.82, 2.24) is 53.6 Å². The zero-order chi connectivity index (χ0) is 55.7. The number of imidazole rings is 3. The molecule has 3 fully saturated rings. The fraction of sp³-hybridized carbons (Fsp3) is 0.559. The summed E-state index contributed by atoms with van der Waals surface area (Å²) in [5, 5.41) is 35.6. The van der Waals surface area contributed by atoms with Crippen LogP contribution in [0.3, 0.4) is 0 Å². The van der Waals surface area contributed by atoms with Crippen molar-refractivity contribution < 1.29 is 108 Å². The number of aliphatic hydroxyl groups is 3. The molecule has 39 nitrogen and oxygen atoms in total. The van der Waals surface area contributed by atoms with E-state index >= 15 is 0 Å². The van der Waals surface area contributed by atoms with Gasteiger partial charge in [-0.3, -0.25) is 51.5 Å². The van der Waals surface area contributed by atoms with Crippen molar-refractivity contribution in [1.29, 1.82) is 0 Å². The second-order valence-corrected chi connectivity index (χ2v) is 22.7. The van der Waals surface area contributed by atoms with E-state index in [9.17, 15) is 62.7 Å². The maximum atomic E-state index is 13.6. The Balaban J connectivity index is 0.872. The first kappa shape index (κ1) is 56.6. The van der Waals surface area contributed by atoms with Gasteiger partial charge in [0, 0.05) is 21.3 Å². The molecule has 0 spiro atoms. The number of aryl methyl sites for hydroxylation is 1. The van der Waals surface area contributed by atoms with Crippen molar-refractivity contribution in [3.05, 3.63) is 46.0 Å². The molecule has 0 aromatic carbocycles. The van der Waals surface area contributed by atoms with Crippen LogP contribution in [0.4, 0.5) is 17.7 Å². The highest BCUT2D eigenvalue weighted by Crippen LogP contribution is 2.63. The molecule has 6 aromatic heterocycles. The maximum absolute atomic E-state index is 13.6. The topological polar surface area (TPSA) is 549 Å². The van der Waals surface area contributed by atoms with Gasteiger partial charge in [0.25, 0.3) is 48.4 Å². The van der Waals surface area contributed by atoms with Crippen LogP contribution in [0.15, 0.2) is 34.9 Å². The van der Waals surface area contributed by atoms with Crippen LogP contribution in [0.5, 0.6) is 0 Å². The van der Waals surface area contributed by atoms with Gasteiger partial charge in [-0.1, -0.05) is 4.98 Å². The monoisotopic (exact) mass is 1170 g/mol. The first-order chi connectivity index (χ1) is 36.2. The lowest BCUT2D eigenvalue weighted by Crippen LogP contribution is -2.46. The number of aromatic amines is 2. The van der Waals surface area contributed by atoms with Gasteiger partial charge in [0.2, 0.25) is 17.7 Å². The van der Waals surface area contributed by atoms with Crippen molar-refractivity contribution in [2.75, 3.05) is 57.9 Å². The first-order valence-electron chi connectivity index (χ1n) is 21.9. The van der Waals surface area contributed by atoms with Gasteiger partial charge in [-0.2, -0.15) is 4.98 Å². The summed E-state index contributed by atoms with van der Waals surface area (Å²) in [5.74, 6) is -0.394. The lowest BCUT2D eigenvalue weighted by Gasteiger charge is -2.35. The predicted molar refractivity (Wildman–Crippen MR) is 240 cm³/mol. The van der Waals surface area contributed by atoms with E-state index in [1.807, 2.05) is 0 Å². The van der Waals surface area contributed by atoms with E-state index in [2.05, 4.69) is 58.3 Å². The van der Waals surface area contributed by atoms with E-state index in [0.29, 0.717) is 0 Å². The number of fused-ring (bicyclic) bond motifs is 3. The summed E-state index contributed by atoms with van der Waals surface area (Å²) in [6.45, 7) is -3.55. The first-order valence-corrected chi connectivity index (χ1v) is 27.8. The molecule has 77 heavy (non-hydrogen) atoms. The van der Waals surface area contributed by atoms with E-state index in [-0.39, 0.29) is 51.2 Å². The van der Waals surface area contributed by atoms with Gasteiger partial charge in [0.15, 0.2) is 41.4 Å². The quantitative estimate of drug-likeness (QED) is 0.0246. The number of aliphatic hydroxyl groups excluding tert-OH is 3. The predicted octanol–water partition coefficient (Wildman–Crippen LogP) is -6.13. The zero-order valence-electron chi connectivity index (χ0n) is 39.7. The lowest BCUT2D eigenvalue weighted by molar-refractivity contribution is -0.745. The van der Waals surface area contributed by atoms with Crippen LogP contribution in [-0.4, -0.2) is 165 Å². The number of nitrogens with zero attached hydrogens (tertiary/aromatic N) is 10. The summed E-state index contributed by atoms with van der Waals surface area (Å²) >= 11 is 0. The largest absolute Gasteiger partial charge is 0.756 e. The molecule has 0 aliphatic carbocycles. The molecule has 43 heteroatoms. The molecule has 3 aliphatic heterocycles. The fourth-order valence-electron chi connectivity index (χ4n) is 8.70. The molecule has 0 saturated carbocycles. The number of hydrogen-bond donors (Lipinski definition) is 8. The second kappa shape index (κ2) is 21.5. The highest BCUT2D eigenvalue weighted by molar-refractivity contribution is 7.65. The molecule has 3 aliphatic rings. The van der Waals surface area contributed by atoms with E-state index in [1.165, 1.54) is 40.5 Å². The molecule has 9 rings (SSSR count). The van der Waals surface area contributed by atoms with Crippen molar-refractivity contribution >= 4 is 82.5 Å². The molecular formula is C34H44N15O24P4-3. The van der Waals surface area contributed by atoms with E-state index < -0.39 is 136 Å². The molecule has 16 atom stereocenters. The Morgan fingerprint density at radius 1 is 0.701 bits per heavy atom. The highest BCUT2D eigenvalue weighted by Gasteiger charge is 2.52. The molecule has 0 radical (unpaired) electrons. The van der Waals surface area contributed by atoms with Crippen LogP contribution in [-0.2, 0) is 75.7 Å². The molecular weight excluding hydrogens is 1130 g/mol. The van der Waals surface area contributed by atoms with E-state index in [0.717, 1.165) is 31.4 Å². The van der Waals surface area contributed by atoms with Gasteiger partial charge in [0.05, 0.1) is 39.5 Å². The van der Waals surface area contributed by atoms with Crippen LogP contribution in [0.2, 0.25) is 0 Å². The van der Waals surface area contributed by atoms with Gasteiger partial charge in [-0.15, -0.1) is 0 Å². The summed E-state index contributed by atoms with van der Waals surface area (Å²) in [7, 11) is -19.6. The fourth-order valence-corrected chi connectivity index (χ4v) is 13.0. The SMILES string of the molecule is CNc1ncnc2c1ncn2[C@@H]1O[C@H](COP(=O)([O-])OP(=O)([O-])OP(=O)([O-])OC[C@H]2O[C@@H]([n+]3cn(C)c4c(=O)[nH]c(N)nc43)[C@@H](O)C2OC)[C@H](OP(=O)([O-])OC[C@H]2O[C@@H](n3cnc4c(=O)[nH]c(N)nc43)[C@@H](O)C2O)C1OC. The Labute approximate surface area is 428 Å². The number of hydrogen-bond acceptors (Lipinski definition) is 33. The van der Waals surface area contributed by atoms with Crippen molar-refractivity contribution in [2.45, 2.75) is 73.6 Å².